The second-order valence-corrected chi connectivity index (χ2v) is 8.52. The van der Waals surface area contributed by atoms with E-state index in [0.29, 0.717) is 6.04 Å². The molecule has 1 fully saturated rings. The van der Waals surface area contributed by atoms with Gasteiger partial charge in [-0.2, -0.15) is 0 Å². The van der Waals surface area contributed by atoms with Gasteiger partial charge < -0.3 is 10.1 Å². The molecule has 2 aromatic carbocycles. The smallest absolute Gasteiger partial charge is 0.120 e. The van der Waals surface area contributed by atoms with Crippen molar-refractivity contribution in [3.8, 4) is 5.75 Å². The highest BCUT2D eigenvalue weighted by Crippen LogP contribution is 2.38. The van der Waals surface area contributed by atoms with Crippen LogP contribution in [0.1, 0.15) is 44.7 Å². The number of methoxy groups -OCH3 is 1. The fourth-order valence-electron chi connectivity index (χ4n) is 4.43. The van der Waals surface area contributed by atoms with Gasteiger partial charge in [-0.15, -0.1) is 0 Å². The van der Waals surface area contributed by atoms with Crippen molar-refractivity contribution in [1.82, 2.24) is 4.90 Å². The maximum atomic E-state index is 5.49. The van der Waals surface area contributed by atoms with Crippen molar-refractivity contribution in [1.29, 1.82) is 0 Å². The molecule has 30 heavy (non-hydrogen) atoms. The predicted octanol–water partition coefficient (Wildman–Crippen LogP) is 6.36. The first-order chi connectivity index (χ1) is 14.5. The Balaban J connectivity index is 1.87. The molecule has 0 saturated carbocycles. The lowest BCUT2D eigenvalue weighted by Gasteiger charge is -2.47. The largest absolute Gasteiger partial charge is 0.497 e. The number of rotatable bonds is 7. The van der Waals surface area contributed by atoms with Gasteiger partial charge >= 0.3 is 0 Å². The van der Waals surface area contributed by atoms with E-state index in [1.165, 1.54) is 16.7 Å². The first-order valence-corrected chi connectivity index (χ1v) is 11.0. The third-order valence-electron chi connectivity index (χ3n) is 6.43. The Morgan fingerprint density at radius 1 is 1.23 bits per heavy atom. The standard InChI is InChI=1S/C27H36N2O/c1-6-7-11-22(3)27(28-26-18-25(30-5)15-14-21(26)2)16-17-29(23(4)19-27)20-24-12-9-8-10-13-24/h6-15,18,23,28H,16-17,19-20H2,1-5H3/b7-6-,22-11+. The van der Waals surface area contributed by atoms with E-state index in [1.807, 2.05) is 6.07 Å². The molecule has 3 rings (SSSR count). The van der Waals surface area contributed by atoms with Crippen LogP contribution in [-0.4, -0.2) is 30.1 Å². The summed E-state index contributed by atoms with van der Waals surface area (Å²) < 4.78 is 5.49. The van der Waals surface area contributed by atoms with Crippen molar-refractivity contribution in [2.75, 3.05) is 19.0 Å². The molecule has 1 heterocycles. The number of benzene rings is 2. The Kier molecular flexibility index (Phi) is 7.38. The summed E-state index contributed by atoms with van der Waals surface area (Å²) in [6, 6.07) is 17.6. The number of ether oxygens (including phenoxy) is 1. The minimum absolute atomic E-state index is 0.0662. The SMILES string of the molecule is C/C=C\C=C(/C)C1(Nc2cc(OC)ccc2C)CCN(Cc2ccccc2)C(C)C1. The lowest BCUT2D eigenvalue weighted by atomic mass is 9.77. The van der Waals surface area contributed by atoms with Crippen LogP contribution in [0.2, 0.25) is 0 Å². The molecule has 160 valence electrons. The van der Waals surface area contributed by atoms with Gasteiger partial charge in [-0.05, 0) is 63.3 Å². The topological polar surface area (TPSA) is 24.5 Å². The normalized spacial score (nSPS) is 23.0. The van der Waals surface area contributed by atoms with Crippen LogP contribution in [0, 0.1) is 6.92 Å². The molecule has 1 saturated heterocycles. The van der Waals surface area contributed by atoms with Crippen LogP contribution in [-0.2, 0) is 6.54 Å². The molecule has 0 aromatic heterocycles. The van der Waals surface area contributed by atoms with Gasteiger partial charge in [0, 0.05) is 30.9 Å². The Bertz CT molecular complexity index is 887. The highest BCUT2D eigenvalue weighted by molar-refractivity contribution is 5.58. The number of hydrogen-bond donors (Lipinski definition) is 1. The summed E-state index contributed by atoms with van der Waals surface area (Å²) in [7, 11) is 1.73. The van der Waals surface area contributed by atoms with Gasteiger partial charge in [0.2, 0.25) is 0 Å². The summed E-state index contributed by atoms with van der Waals surface area (Å²) in [5.41, 5.74) is 5.10. The molecule has 1 N–H and O–H groups in total. The number of nitrogens with zero attached hydrogens (tertiary/aromatic N) is 1. The molecule has 0 radical (unpaired) electrons. The molecule has 2 aromatic rings. The monoisotopic (exact) mass is 404 g/mol. The zero-order chi connectivity index (χ0) is 21.6. The molecule has 1 aliphatic rings. The van der Waals surface area contributed by atoms with Crippen LogP contribution >= 0.6 is 0 Å². The van der Waals surface area contributed by atoms with E-state index in [4.69, 9.17) is 4.74 Å². The molecule has 1 aliphatic heterocycles. The first kappa shape index (κ1) is 22.2. The number of aryl methyl sites for hydroxylation is 1. The summed E-state index contributed by atoms with van der Waals surface area (Å²) >= 11 is 0. The van der Waals surface area contributed by atoms with Crippen LogP contribution in [0.5, 0.6) is 5.75 Å². The van der Waals surface area contributed by atoms with E-state index in [2.05, 4.69) is 98.6 Å². The molecule has 3 heteroatoms. The second kappa shape index (κ2) is 9.99. The molecule has 2 unspecified atom stereocenters. The number of anilines is 1. The lowest BCUT2D eigenvalue weighted by molar-refractivity contribution is 0.120. The zero-order valence-electron chi connectivity index (χ0n) is 19.1. The molecule has 0 aliphatic carbocycles. The molecular formula is C27H36N2O. The quantitative estimate of drug-likeness (QED) is 0.543. The summed E-state index contributed by atoms with van der Waals surface area (Å²) in [4.78, 5) is 2.61. The van der Waals surface area contributed by atoms with Gasteiger partial charge in [-0.3, -0.25) is 4.90 Å². The number of piperidine rings is 1. The molecular weight excluding hydrogens is 368 g/mol. The molecule has 2 atom stereocenters. The van der Waals surface area contributed by atoms with Crippen molar-refractivity contribution in [2.45, 2.75) is 58.7 Å². The van der Waals surface area contributed by atoms with Crippen LogP contribution in [0.25, 0.3) is 0 Å². The van der Waals surface area contributed by atoms with Crippen molar-refractivity contribution < 1.29 is 4.74 Å². The van der Waals surface area contributed by atoms with Crippen molar-refractivity contribution in [2.24, 2.45) is 0 Å². The number of nitrogens with one attached hydrogen (secondary N) is 1. The van der Waals surface area contributed by atoms with Gasteiger partial charge in [0.15, 0.2) is 0 Å². The fraction of sp³-hybridized carbons (Fsp3) is 0.407. The minimum atomic E-state index is -0.0662. The number of allylic oxidation sites excluding steroid dienone is 3. The average molecular weight is 405 g/mol. The predicted molar refractivity (Wildman–Crippen MR) is 128 cm³/mol. The molecule has 3 nitrogen and oxygen atoms in total. The summed E-state index contributed by atoms with van der Waals surface area (Å²) in [6.45, 7) is 10.9. The highest BCUT2D eigenvalue weighted by Gasteiger charge is 2.39. The van der Waals surface area contributed by atoms with Crippen molar-refractivity contribution in [3.63, 3.8) is 0 Å². The maximum Gasteiger partial charge on any atom is 0.120 e. The van der Waals surface area contributed by atoms with E-state index in [1.54, 1.807) is 7.11 Å². The van der Waals surface area contributed by atoms with Gasteiger partial charge in [0.05, 0.1) is 12.6 Å². The van der Waals surface area contributed by atoms with E-state index in [-0.39, 0.29) is 5.54 Å². The van der Waals surface area contributed by atoms with Gasteiger partial charge in [-0.1, -0.05) is 54.6 Å². The maximum absolute atomic E-state index is 5.49. The third kappa shape index (κ3) is 5.14. The summed E-state index contributed by atoms with van der Waals surface area (Å²) in [5.74, 6) is 0.892. The van der Waals surface area contributed by atoms with Crippen LogP contribution in [0.4, 0.5) is 5.69 Å². The van der Waals surface area contributed by atoms with Gasteiger partial charge in [0.1, 0.15) is 5.75 Å². The summed E-state index contributed by atoms with van der Waals surface area (Å²) in [5, 5.41) is 3.95. The van der Waals surface area contributed by atoms with E-state index in [9.17, 15) is 0 Å². The molecule has 0 bridgehead atoms. The molecule has 0 spiro atoms. The zero-order valence-corrected chi connectivity index (χ0v) is 19.1. The second-order valence-electron chi connectivity index (χ2n) is 8.52. The fourth-order valence-corrected chi connectivity index (χ4v) is 4.43. The Morgan fingerprint density at radius 3 is 2.67 bits per heavy atom. The van der Waals surface area contributed by atoms with Gasteiger partial charge in [-0.25, -0.2) is 0 Å². The number of likely N-dealkylation sites (tertiary alicyclic amines) is 1. The van der Waals surface area contributed by atoms with E-state index >= 15 is 0 Å². The lowest BCUT2D eigenvalue weighted by Crippen LogP contribution is -2.53. The van der Waals surface area contributed by atoms with E-state index in [0.717, 1.165) is 37.4 Å². The van der Waals surface area contributed by atoms with Crippen LogP contribution in [0.3, 0.4) is 0 Å². The number of hydrogen-bond acceptors (Lipinski definition) is 3. The average Bonchev–Trinajstić information content (AvgIpc) is 2.76. The van der Waals surface area contributed by atoms with Crippen LogP contribution in [0.15, 0.2) is 72.3 Å². The Hall–Kier alpha value is -2.52. The molecule has 0 amide bonds. The van der Waals surface area contributed by atoms with E-state index < -0.39 is 0 Å². The van der Waals surface area contributed by atoms with Gasteiger partial charge in [0.25, 0.3) is 0 Å². The minimum Gasteiger partial charge on any atom is -0.497 e. The Morgan fingerprint density at radius 2 is 2.00 bits per heavy atom. The third-order valence-corrected chi connectivity index (χ3v) is 6.43. The van der Waals surface area contributed by atoms with Crippen molar-refractivity contribution in [3.05, 3.63) is 83.5 Å². The van der Waals surface area contributed by atoms with Crippen LogP contribution < -0.4 is 10.1 Å². The highest BCUT2D eigenvalue weighted by atomic mass is 16.5. The van der Waals surface area contributed by atoms with Crippen molar-refractivity contribution >= 4 is 5.69 Å². The first-order valence-electron chi connectivity index (χ1n) is 11.0. The Labute approximate surface area is 182 Å². The summed E-state index contributed by atoms with van der Waals surface area (Å²) in [6.07, 6.45) is 8.65.